The molecule has 35 heavy (non-hydrogen) atoms. The molecule has 0 bridgehead atoms. The van der Waals surface area contributed by atoms with Crippen molar-refractivity contribution >= 4 is 23.2 Å². The molecule has 180 valence electrons. The predicted octanol–water partition coefficient (Wildman–Crippen LogP) is 3.85. The smallest absolute Gasteiger partial charge is 0.434 e. The number of aromatic nitrogens is 5. The van der Waals surface area contributed by atoms with Crippen molar-refractivity contribution in [2.45, 2.75) is 26.7 Å². The first kappa shape index (κ1) is 22.7. The number of hydrogen-bond acceptors (Lipinski definition) is 9. The average molecular weight is 494 g/mol. The number of hydrogen-bond donors (Lipinski definition) is 3. The van der Waals surface area contributed by atoms with Crippen LogP contribution in [0.4, 0.5) is 10.6 Å². The number of anilines is 1. The molecule has 12 heteroatoms. The Hall–Kier alpha value is -4.06. The fourth-order valence-corrected chi connectivity index (χ4v) is 4.23. The van der Waals surface area contributed by atoms with Gasteiger partial charge in [-0.3, -0.25) is 5.32 Å². The number of nitrogens with one attached hydrogen (secondary N) is 3. The van der Waals surface area contributed by atoms with Gasteiger partial charge in [0, 0.05) is 41.0 Å². The van der Waals surface area contributed by atoms with Crippen LogP contribution in [0, 0.1) is 12.8 Å². The molecule has 1 aliphatic rings. The number of carbonyl (C=O) groups is 1. The van der Waals surface area contributed by atoms with Gasteiger partial charge in [0.05, 0.1) is 6.61 Å². The molecule has 4 heterocycles. The molecule has 0 spiro atoms. The van der Waals surface area contributed by atoms with E-state index in [0.29, 0.717) is 36.5 Å². The van der Waals surface area contributed by atoms with Crippen molar-refractivity contribution in [2.24, 2.45) is 5.92 Å². The summed E-state index contributed by atoms with van der Waals surface area (Å²) in [6.07, 6.45) is 3.94. The van der Waals surface area contributed by atoms with Crippen LogP contribution in [-0.4, -0.2) is 44.3 Å². The molecule has 1 saturated carbocycles. The predicted molar refractivity (Wildman–Crippen MR) is 130 cm³/mol. The maximum Gasteiger partial charge on any atom is 0.434 e. The van der Waals surface area contributed by atoms with Crippen molar-refractivity contribution < 1.29 is 13.9 Å². The molecule has 0 saturated heterocycles. The van der Waals surface area contributed by atoms with Crippen molar-refractivity contribution in [2.75, 3.05) is 18.5 Å². The molecule has 3 N–H and O–H groups in total. The molecule has 0 atom stereocenters. The largest absolute Gasteiger partial charge is 0.477 e. The quantitative estimate of drug-likeness (QED) is 0.335. The second-order valence-corrected chi connectivity index (χ2v) is 9.00. The van der Waals surface area contributed by atoms with Crippen LogP contribution in [0.5, 0.6) is 5.88 Å². The fraction of sp³-hybridized carbons (Fsp3) is 0.304. The number of ether oxygens (including phenoxy) is 1. The van der Waals surface area contributed by atoms with Gasteiger partial charge in [-0.15, -0.1) is 16.4 Å². The first-order valence-electron chi connectivity index (χ1n) is 11.2. The standard InChI is InChI=1S/C23H23N7O4S/c1-3-24-22(31)28-18-8-15(21-26-12(2)11-35-21)16(9-25-18)14-6-17(20-29-30-23(32)34-20)27-19(7-14)33-10-13-4-5-13/h6-9,11,13H,3-5,10H2,1-2H3,(H,30,32)(H2,24,25,28,31). The SMILES string of the molecule is CCNC(=O)Nc1cc(-c2nc(C)cs2)c(-c2cc(OCC3CC3)nc(-c3n[nH]c(=O)o3)c2)cn1. The van der Waals surface area contributed by atoms with Gasteiger partial charge in [0.15, 0.2) is 0 Å². The lowest BCUT2D eigenvalue weighted by molar-refractivity contribution is 0.252. The van der Waals surface area contributed by atoms with Crippen LogP contribution in [0.2, 0.25) is 0 Å². The van der Waals surface area contributed by atoms with E-state index in [4.69, 9.17) is 9.15 Å². The van der Waals surface area contributed by atoms with Crippen molar-refractivity contribution in [3.63, 3.8) is 0 Å². The summed E-state index contributed by atoms with van der Waals surface area (Å²) in [4.78, 5) is 37.2. The Kier molecular flexibility index (Phi) is 6.27. The highest BCUT2D eigenvalue weighted by Gasteiger charge is 2.23. The van der Waals surface area contributed by atoms with Gasteiger partial charge in [0.25, 0.3) is 5.89 Å². The Bertz CT molecular complexity index is 1420. The second-order valence-electron chi connectivity index (χ2n) is 8.15. The Morgan fingerprint density at radius 2 is 2.11 bits per heavy atom. The highest BCUT2D eigenvalue weighted by atomic mass is 32.1. The number of H-pyrrole nitrogens is 1. The second kappa shape index (κ2) is 9.66. The van der Waals surface area contributed by atoms with Gasteiger partial charge in [0.2, 0.25) is 5.88 Å². The zero-order chi connectivity index (χ0) is 24.4. The third kappa shape index (κ3) is 5.38. The Morgan fingerprint density at radius 3 is 2.80 bits per heavy atom. The molecule has 0 aliphatic heterocycles. The number of aryl methyl sites for hydroxylation is 1. The summed E-state index contributed by atoms with van der Waals surface area (Å²) in [5.41, 5.74) is 3.48. The third-order valence-electron chi connectivity index (χ3n) is 5.27. The van der Waals surface area contributed by atoms with E-state index in [1.54, 1.807) is 18.3 Å². The van der Waals surface area contributed by atoms with E-state index in [1.807, 2.05) is 25.3 Å². The van der Waals surface area contributed by atoms with Crippen molar-refractivity contribution in [1.29, 1.82) is 0 Å². The lowest BCUT2D eigenvalue weighted by Gasteiger charge is -2.13. The highest BCUT2D eigenvalue weighted by molar-refractivity contribution is 7.13. The molecule has 4 aromatic rings. The van der Waals surface area contributed by atoms with E-state index >= 15 is 0 Å². The molecular weight excluding hydrogens is 470 g/mol. The lowest BCUT2D eigenvalue weighted by atomic mass is 10.0. The molecule has 1 fully saturated rings. The minimum Gasteiger partial charge on any atom is -0.477 e. The molecule has 1 aliphatic carbocycles. The number of rotatable bonds is 8. The van der Waals surface area contributed by atoms with Crippen LogP contribution in [0.25, 0.3) is 33.3 Å². The van der Waals surface area contributed by atoms with Gasteiger partial charge < -0.3 is 14.5 Å². The van der Waals surface area contributed by atoms with E-state index < -0.39 is 5.76 Å². The molecule has 0 unspecified atom stereocenters. The third-order valence-corrected chi connectivity index (χ3v) is 6.26. The summed E-state index contributed by atoms with van der Waals surface area (Å²) in [6, 6.07) is 5.00. The zero-order valence-corrected chi connectivity index (χ0v) is 19.9. The zero-order valence-electron chi connectivity index (χ0n) is 19.1. The monoisotopic (exact) mass is 493 g/mol. The van der Waals surface area contributed by atoms with Gasteiger partial charge in [0.1, 0.15) is 16.5 Å². The normalized spacial score (nSPS) is 13.0. The molecule has 0 radical (unpaired) electrons. The maximum absolute atomic E-state index is 12.1. The van der Waals surface area contributed by atoms with Gasteiger partial charge in [-0.2, -0.15) is 0 Å². The molecule has 0 aromatic carbocycles. The van der Waals surface area contributed by atoms with Crippen LogP contribution in [0.3, 0.4) is 0 Å². The fourth-order valence-electron chi connectivity index (χ4n) is 3.40. The summed E-state index contributed by atoms with van der Waals surface area (Å²) in [5, 5.41) is 14.3. The van der Waals surface area contributed by atoms with Gasteiger partial charge in [-0.05, 0) is 50.3 Å². The van der Waals surface area contributed by atoms with Crippen LogP contribution < -0.4 is 21.1 Å². The number of nitrogens with zero attached hydrogens (tertiary/aromatic N) is 4. The first-order valence-corrected chi connectivity index (χ1v) is 12.0. The number of urea groups is 1. The van der Waals surface area contributed by atoms with Gasteiger partial charge in [-0.1, -0.05) is 0 Å². The number of pyridine rings is 2. The number of carbonyl (C=O) groups excluding carboxylic acids is 1. The molecule has 5 rings (SSSR count). The van der Waals surface area contributed by atoms with Crippen LogP contribution in [0.1, 0.15) is 25.5 Å². The summed E-state index contributed by atoms with van der Waals surface area (Å²) < 4.78 is 11.1. The highest BCUT2D eigenvalue weighted by Crippen LogP contribution is 2.37. The van der Waals surface area contributed by atoms with Gasteiger partial charge in [-0.25, -0.2) is 29.6 Å². The first-order chi connectivity index (χ1) is 17.0. The Morgan fingerprint density at radius 1 is 1.26 bits per heavy atom. The van der Waals surface area contributed by atoms with E-state index in [2.05, 4.69) is 35.8 Å². The Labute approximate surface area is 204 Å². The van der Waals surface area contributed by atoms with Crippen molar-refractivity contribution in [1.82, 2.24) is 30.5 Å². The number of thiazole rings is 1. The molecule has 4 aromatic heterocycles. The minimum absolute atomic E-state index is 0.0576. The summed E-state index contributed by atoms with van der Waals surface area (Å²) in [6.45, 7) is 4.82. The summed E-state index contributed by atoms with van der Waals surface area (Å²) in [7, 11) is 0. The van der Waals surface area contributed by atoms with Crippen molar-refractivity contribution in [3.05, 3.63) is 46.0 Å². The average Bonchev–Trinajstić information content (AvgIpc) is 3.41. The maximum atomic E-state index is 12.1. The minimum atomic E-state index is -0.672. The van der Waals surface area contributed by atoms with E-state index in [1.165, 1.54) is 11.3 Å². The van der Waals surface area contributed by atoms with Gasteiger partial charge >= 0.3 is 11.8 Å². The topological polar surface area (TPSA) is 148 Å². The summed E-state index contributed by atoms with van der Waals surface area (Å²) >= 11 is 1.49. The van der Waals surface area contributed by atoms with Crippen molar-refractivity contribution in [3.8, 4) is 39.2 Å². The molecule has 11 nitrogen and oxygen atoms in total. The van der Waals surface area contributed by atoms with E-state index in [-0.39, 0.29) is 11.9 Å². The van der Waals surface area contributed by atoms with Crippen LogP contribution in [0.15, 0.2) is 39.0 Å². The van der Waals surface area contributed by atoms with Crippen LogP contribution in [-0.2, 0) is 0 Å². The van der Waals surface area contributed by atoms with E-state index in [9.17, 15) is 9.59 Å². The van der Waals surface area contributed by atoms with Crippen LogP contribution >= 0.6 is 11.3 Å². The number of amides is 2. The molecule has 2 amide bonds. The summed E-state index contributed by atoms with van der Waals surface area (Å²) in [5.74, 6) is 0.694. The molecular formula is C23H23N7O4S. The number of aromatic amines is 1. The van der Waals surface area contributed by atoms with E-state index in [0.717, 1.165) is 40.2 Å². The lowest BCUT2D eigenvalue weighted by Crippen LogP contribution is -2.28. The Balaban J connectivity index is 1.60.